The fraction of sp³-hybridized carbons (Fsp3) is 0.714. The zero-order valence-corrected chi connectivity index (χ0v) is 12.3. The molecule has 0 saturated heterocycles. The van der Waals surface area contributed by atoms with Gasteiger partial charge in [0.1, 0.15) is 0 Å². The molecule has 0 radical (unpaired) electrons. The monoisotopic (exact) mass is 271 g/mol. The summed E-state index contributed by atoms with van der Waals surface area (Å²) < 4.78 is 0.892. The molecule has 2 N–H and O–H groups in total. The maximum absolute atomic E-state index is 6.05. The van der Waals surface area contributed by atoms with Crippen molar-refractivity contribution < 1.29 is 0 Å². The SMILES string of the molecule is CC1(C)CCC(CN)(Cc2ccc(Cl)s2)CC1. The highest BCUT2D eigenvalue weighted by atomic mass is 35.5. The lowest BCUT2D eigenvalue weighted by Crippen LogP contribution is -2.38. The van der Waals surface area contributed by atoms with Crippen LogP contribution in [0.1, 0.15) is 44.4 Å². The number of rotatable bonds is 3. The Bertz CT molecular complexity index is 373. The predicted molar refractivity (Wildman–Crippen MR) is 76.8 cm³/mol. The molecule has 96 valence electrons. The predicted octanol–water partition coefficient (Wildman–Crippen LogP) is 4.49. The fourth-order valence-electron chi connectivity index (χ4n) is 2.73. The van der Waals surface area contributed by atoms with Crippen LogP contribution in [-0.4, -0.2) is 6.54 Å². The molecule has 2 rings (SSSR count). The van der Waals surface area contributed by atoms with Gasteiger partial charge in [0.2, 0.25) is 0 Å². The Morgan fingerprint density at radius 1 is 1.24 bits per heavy atom. The number of hydrogen-bond donors (Lipinski definition) is 1. The molecule has 1 saturated carbocycles. The van der Waals surface area contributed by atoms with Gasteiger partial charge in [-0.3, -0.25) is 0 Å². The van der Waals surface area contributed by atoms with Gasteiger partial charge < -0.3 is 5.73 Å². The molecule has 0 atom stereocenters. The van der Waals surface area contributed by atoms with Gasteiger partial charge in [-0.2, -0.15) is 0 Å². The zero-order valence-electron chi connectivity index (χ0n) is 10.8. The lowest BCUT2D eigenvalue weighted by atomic mass is 9.63. The third-order valence-corrected chi connectivity index (χ3v) is 5.51. The van der Waals surface area contributed by atoms with Gasteiger partial charge in [-0.1, -0.05) is 25.4 Å². The minimum atomic E-state index is 0.323. The molecule has 1 heterocycles. The molecule has 0 unspecified atom stereocenters. The van der Waals surface area contributed by atoms with Crippen molar-refractivity contribution in [3.8, 4) is 0 Å². The van der Waals surface area contributed by atoms with Crippen molar-refractivity contribution in [2.24, 2.45) is 16.6 Å². The summed E-state index contributed by atoms with van der Waals surface area (Å²) >= 11 is 7.70. The topological polar surface area (TPSA) is 26.0 Å². The quantitative estimate of drug-likeness (QED) is 0.861. The second-order valence-electron chi connectivity index (χ2n) is 6.25. The van der Waals surface area contributed by atoms with Crippen LogP contribution in [0.15, 0.2) is 12.1 Å². The van der Waals surface area contributed by atoms with Gasteiger partial charge >= 0.3 is 0 Å². The van der Waals surface area contributed by atoms with Crippen molar-refractivity contribution in [1.29, 1.82) is 0 Å². The second-order valence-corrected chi connectivity index (χ2v) is 8.05. The van der Waals surface area contributed by atoms with Crippen LogP contribution in [0.4, 0.5) is 0 Å². The summed E-state index contributed by atoms with van der Waals surface area (Å²) in [5.41, 5.74) is 6.88. The maximum Gasteiger partial charge on any atom is 0.0931 e. The first-order valence-corrected chi connectivity index (χ1v) is 7.59. The van der Waals surface area contributed by atoms with E-state index in [1.54, 1.807) is 11.3 Å². The molecule has 1 aliphatic rings. The Labute approximate surface area is 113 Å². The average molecular weight is 272 g/mol. The molecule has 3 heteroatoms. The first-order chi connectivity index (χ1) is 7.95. The molecule has 1 aromatic heterocycles. The van der Waals surface area contributed by atoms with Crippen LogP contribution in [0, 0.1) is 10.8 Å². The summed E-state index contributed by atoms with van der Waals surface area (Å²) in [6, 6.07) is 4.16. The summed E-state index contributed by atoms with van der Waals surface area (Å²) in [5.74, 6) is 0. The van der Waals surface area contributed by atoms with Gasteiger partial charge in [0, 0.05) is 4.88 Å². The second kappa shape index (κ2) is 4.91. The van der Waals surface area contributed by atoms with E-state index >= 15 is 0 Å². The van der Waals surface area contributed by atoms with E-state index in [9.17, 15) is 0 Å². The van der Waals surface area contributed by atoms with Crippen molar-refractivity contribution in [2.45, 2.75) is 46.0 Å². The summed E-state index contributed by atoms with van der Waals surface area (Å²) in [4.78, 5) is 1.39. The highest BCUT2D eigenvalue weighted by molar-refractivity contribution is 7.16. The fourth-order valence-corrected chi connectivity index (χ4v) is 3.99. The Morgan fingerprint density at radius 3 is 2.35 bits per heavy atom. The minimum absolute atomic E-state index is 0.323. The van der Waals surface area contributed by atoms with Crippen molar-refractivity contribution in [2.75, 3.05) is 6.54 Å². The largest absolute Gasteiger partial charge is 0.330 e. The molecule has 17 heavy (non-hydrogen) atoms. The van der Waals surface area contributed by atoms with Gasteiger partial charge in [0.25, 0.3) is 0 Å². The molecule has 0 bridgehead atoms. The molecular formula is C14H22ClNS. The van der Waals surface area contributed by atoms with E-state index in [-0.39, 0.29) is 0 Å². The smallest absolute Gasteiger partial charge is 0.0931 e. The lowest BCUT2D eigenvalue weighted by molar-refractivity contribution is 0.108. The normalized spacial score (nSPS) is 22.6. The van der Waals surface area contributed by atoms with Crippen LogP contribution < -0.4 is 5.73 Å². The summed E-state index contributed by atoms with van der Waals surface area (Å²) in [5, 5.41) is 0. The van der Waals surface area contributed by atoms with Gasteiger partial charge in [-0.15, -0.1) is 11.3 Å². The van der Waals surface area contributed by atoms with Crippen LogP contribution in [0.5, 0.6) is 0 Å². The van der Waals surface area contributed by atoms with Gasteiger partial charge in [0.05, 0.1) is 4.34 Å². The third kappa shape index (κ3) is 3.24. The maximum atomic E-state index is 6.05. The van der Waals surface area contributed by atoms with E-state index in [4.69, 9.17) is 17.3 Å². The van der Waals surface area contributed by atoms with E-state index in [0.717, 1.165) is 17.3 Å². The van der Waals surface area contributed by atoms with Gasteiger partial charge in [-0.05, 0) is 61.6 Å². The van der Waals surface area contributed by atoms with Crippen LogP contribution in [0.25, 0.3) is 0 Å². The molecule has 1 fully saturated rings. The highest BCUT2D eigenvalue weighted by Crippen LogP contribution is 2.46. The summed E-state index contributed by atoms with van der Waals surface area (Å²) in [7, 11) is 0. The first-order valence-electron chi connectivity index (χ1n) is 6.39. The summed E-state index contributed by atoms with van der Waals surface area (Å²) in [6.07, 6.45) is 6.21. The Balaban J connectivity index is 2.06. The van der Waals surface area contributed by atoms with Crippen molar-refractivity contribution >= 4 is 22.9 Å². The molecular weight excluding hydrogens is 250 g/mol. The Morgan fingerprint density at radius 2 is 1.88 bits per heavy atom. The highest BCUT2D eigenvalue weighted by Gasteiger charge is 2.37. The van der Waals surface area contributed by atoms with Gasteiger partial charge in [-0.25, -0.2) is 0 Å². The third-order valence-electron chi connectivity index (χ3n) is 4.28. The summed E-state index contributed by atoms with van der Waals surface area (Å²) in [6.45, 7) is 5.55. The number of thiophene rings is 1. The molecule has 0 amide bonds. The van der Waals surface area contributed by atoms with E-state index in [2.05, 4.69) is 19.9 Å². The van der Waals surface area contributed by atoms with Crippen LogP contribution in [0.2, 0.25) is 4.34 Å². The van der Waals surface area contributed by atoms with Crippen LogP contribution in [-0.2, 0) is 6.42 Å². The molecule has 0 aromatic carbocycles. The first kappa shape index (κ1) is 13.4. The van der Waals surface area contributed by atoms with E-state index in [0.29, 0.717) is 10.8 Å². The molecule has 1 nitrogen and oxygen atoms in total. The Hall–Kier alpha value is -0.0500. The average Bonchev–Trinajstić information content (AvgIpc) is 2.68. The van der Waals surface area contributed by atoms with E-state index in [1.807, 2.05) is 6.07 Å². The van der Waals surface area contributed by atoms with Crippen molar-refractivity contribution in [3.05, 3.63) is 21.3 Å². The molecule has 1 aliphatic carbocycles. The Kier molecular flexibility index (Phi) is 3.86. The van der Waals surface area contributed by atoms with Crippen LogP contribution in [0.3, 0.4) is 0 Å². The number of halogens is 1. The minimum Gasteiger partial charge on any atom is -0.330 e. The van der Waals surface area contributed by atoms with E-state index < -0.39 is 0 Å². The van der Waals surface area contributed by atoms with Crippen molar-refractivity contribution in [1.82, 2.24) is 0 Å². The molecule has 0 spiro atoms. The number of hydrogen-bond acceptors (Lipinski definition) is 2. The lowest BCUT2D eigenvalue weighted by Gasteiger charge is -2.43. The number of nitrogens with two attached hydrogens (primary N) is 1. The van der Waals surface area contributed by atoms with Crippen LogP contribution >= 0.6 is 22.9 Å². The standard InChI is InChI=1S/C14H22ClNS/c1-13(2)5-7-14(10-16,8-6-13)9-11-3-4-12(15)17-11/h3-4H,5-10,16H2,1-2H3. The molecule has 1 aromatic rings. The van der Waals surface area contributed by atoms with Crippen molar-refractivity contribution in [3.63, 3.8) is 0 Å². The molecule has 0 aliphatic heterocycles. The van der Waals surface area contributed by atoms with Gasteiger partial charge in [0.15, 0.2) is 0 Å². The zero-order chi connectivity index (χ0) is 12.5. The van der Waals surface area contributed by atoms with E-state index in [1.165, 1.54) is 30.6 Å².